The lowest BCUT2D eigenvalue weighted by atomic mass is 9.44. The van der Waals surface area contributed by atoms with E-state index in [1.807, 2.05) is 0 Å². The first kappa shape index (κ1) is 22.5. The van der Waals surface area contributed by atoms with Crippen LogP contribution in [-0.4, -0.2) is 41.1 Å². The Morgan fingerprint density at radius 1 is 1.16 bits per heavy atom. The number of hydrogen-bond acceptors (Lipinski definition) is 5. The average Bonchev–Trinajstić information content (AvgIpc) is 3.06. The number of hydrogen-bond donors (Lipinski definition) is 2. The van der Waals surface area contributed by atoms with E-state index in [1.165, 1.54) is 0 Å². The molecule has 6 nitrogen and oxygen atoms in total. The number of aliphatic hydroxyl groups is 1. The molecule has 4 aliphatic rings. The second-order valence-electron chi connectivity index (χ2n) is 10.7. The lowest BCUT2D eigenvalue weighted by Crippen LogP contribution is -2.55. The molecule has 0 heterocycles. The van der Waals surface area contributed by atoms with Crippen molar-refractivity contribution in [3.8, 4) is 0 Å². The van der Waals surface area contributed by atoms with Gasteiger partial charge in [-0.1, -0.05) is 19.4 Å². The van der Waals surface area contributed by atoms with Crippen molar-refractivity contribution in [3.63, 3.8) is 0 Å². The van der Waals surface area contributed by atoms with Crippen molar-refractivity contribution >= 4 is 17.7 Å². The van der Waals surface area contributed by atoms with E-state index < -0.39 is 11.9 Å². The molecule has 31 heavy (non-hydrogen) atoms. The molecule has 172 valence electrons. The number of rotatable bonds is 6. The Hall–Kier alpha value is -1.69. The minimum absolute atomic E-state index is 0.00659. The van der Waals surface area contributed by atoms with Crippen LogP contribution in [0.1, 0.15) is 71.6 Å². The molecule has 7 atom stereocenters. The van der Waals surface area contributed by atoms with E-state index in [0.29, 0.717) is 23.7 Å². The Kier molecular flexibility index (Phi) is 6.06. The summed E-state index contributed by atoms with van der Waals surface area (Å²) in [7, 11) is 0. The Labute approximate surface area is 184 Å². The SMILES string of the molecule is C[C@]12CC[C@H]3[C@@H](CCC4=CC(=O)CC(C(=O)OCCO)[C@@]43C)[C@@H]1CC[C@H]2CCC(=O)O. The molecule has 3 saturated carbocycles. The van der Waals surface area contributed by atoms with E-state index in [9.17, 15) is 19.5 Å². The first-order chi connectivity index (χ1) is 14.7. The van der Waals surface area contributed by atoms with Gasteiger partial charge in [-0.3, -0.25) is 14.4 Å². The van der Waals surface area contributed by atoms with Gasteiger partial charge >= 0.3 is 11.9 Å². The normalized spacial score (nSPS) is 41.6. The molecule has 4 rings (SSSR count). The number of esters is 1. The molecule has 0 aromatic heterocycles. The maximum absolute atomic E-state index is 13.0. The second-order valence-corrected chi connectivity index (χ2v) is 10.7. The van der Waals surface area contributed by atoms with Crippen LogP contribution in [0.5, 0.6) is 0 Å². The van der Waals surface area contributed by atoms with Crippen molar-refractivity contribution in [3.05, 3.63) is 11.6 Å². The molecule has 4 aliphatic carbocycles. The predicted octanol–water partition coefficient (Wildman–Crippen LogP) is 3.76. The van der Waals surface area contributed by atoms with E-state index >= 15 is 0 Å². The van der Waals surface area contributed by atoms with Crippen LogP contribution in [-0.2, 0) is 19.1 Å². The van der Waals surface area contributed by atoms with Crippen LogP contribution in [0.15, 0.2) is 11.6 Å². The molecule has 0 saturated heterocycles. The minimum atomic E-state index is -0.711. The largest absolute Gasteiger partial charge is 0.481 e. The molecular formula is C25H36O6. The van der Waals surface area contributed by atoms with E-state index in [2.05, 4.69) is 13.8 Å². The van der Waals surface area contributed by atoms with Crippen molar-refractivity contribution in [2.45, 2.75) is 71.6 Å². The summed E-state index contributed by atoms with van der Waals surface area (Å²) < 4.78 is 5.33. The second kappa shape index (κ2) is 8.34. The van der Waals surface area contributed by atoms with Crippen molar-refractivity contribution < 1.29 is 29.3 Å². The Bertz CT molecular complexity index is 787. The van der Waals surface area contributed by atoms with Gasteiger partial charge in [0.1, 0.15) is 6.61 Å². The molecule has 3 fully saturated rings. The highest BCUT2D eigenvalue weighted by molar-refractivity contribution is 5.95. The molecule has 0 aromatic carbocycles. The molecular weight excluding hydrogens is 396 g/mol. The maximum atomic E-state index is 13.0. The van der Waals surface area contributed by atoms with Crippen molar-refractivity contribution in [1.29, 1.82) is 0 Å². The Morgan fingerprint density at radius 2 is 1.94 bits per heavy atom. The summed E-state index contributed by atoms with van der Waals surface area (Å²) in [4.78, 5) is 36.5. The third-order valence-electron chi connectivity index (χ3n) is 9.63. The fourth-order valence-electron chi connectivity index (χ4n) is 8.10. The molecule has 0 radical (unpaired) electrons. The summed E-state index contributed by atoms with van der Waals surface area (Å²) in [5.74, 6) is 0.306. The van der Waals surface area contributed by atoms with Crippen LogP contribution >= 0.6 is 0 Å². The summed E-state index contributed by atoms with van der Waals surface area (Å²) >= 11 is 0. The quantitative estimate of drug-likeness (QED) is 0.620. The van der Waals surface area contributed by atoms with Gasteiger partial charge in [-0.15, -0.1) is 0 Å². The summed E-state index contributed by atoms with van der Waals surface area (Å²) in [5.41, 5.74) is 0.912. The number of allylic oxidation sites excluding steroid dienone is 1. The number of carboxylic acid groups (broad SMARTS) is 1. The zero-order chi connectivity index (χ0) is 22.4. The topological polar surface area (TPSA) is 101 Å². The van der Waals surface area contributed by atoms with Gasteiger partial charge < -0.3 is 14.9 Å². The molecule has 1 unspecified atom stereocenters. The predicted molar refractivity (Wildman–Crippen MR) is 114 cm³/mol. The maximum Gasteiger partial charge on any atom is 0.310 e. The van der Waals surface area contributed by atoms with Gasteiger partial charge in [-0.25, -0.2) is 0 Å². The molecule has 0 aromatic rings. The molecule has 0 bridgehead atoms. The van der Waals surface area contributed by atoms with E-state index in [0.717, 1.165) is 50.5 Å². The summed E-state index contributed by atoms with van der Waals surface area (Å²) in [5, 5.41) is 18.3. The van der Waals surface area contributed by atoms with Gasteiger partial charge in [-0.2, -0.15) is 0 Å². The van der Waals surface area contributed by atoms with E-state index in [4.69, 9.17) is 9.84 Å². The van der Waals surface area contributed by atoms with Gasteiger partial charge in [-0.05, 0) is 80.1 Å². The van der Waals surface area contributed by atoms with Crippen molar-refractivity contribution in [1.82, 2.24) is 0 Å². The van der Waals surface area contributed by atoms with Crippen molar-refractivity contribution in [2.75, 3.05) is 13.2 Å². The van der Waals surface area contributed by atoms with Crippen LogP contribution in [0.4, 0.5) is 0 Å². The number of aliphatic carboxylic acids is 1. The smallest absolute Gasteiger partial charge is 0.310 e. The number of ether oxygens (including phenoxy) is 1. The van der Waals surface area contributed by atoms with E-state index in [-0.39, 0.29) is 48.6 Å². The Morgan fingerprint density at radius 3 is 2.65 bits per heavy atom. The number of carbonyl (C=O) groups is 3. The minimum Gasteiger partial charge on any atom is -0.481 e. The van der Waals surface area contributed by atoms with Gasteiger partial charge in [0.15, 0.2) is 5.78 Å². The van der Waals surface area contributed by atoms with Crippen LogP contribution in [0.2, 0.25) is 0 Å². The number of aliphatic hydroxyl groups excluding tert-OH is 1. The van der Waals surface area contributed by atoms with E-state index in [1.54, 1.807) is 6.08 Å². The fraction of sp³-hybridized carbons (Fsp3) is 0.800. The van der Waals surface area contributed by atoms with Gasteiger partial charge in [0.25, 0.3) is 0 Å². The number of carbonyl (C=O) groups excluding carboxylic acids is 2. The third-order valence-corrected chi connectivity index (χ3v) is 9.63. The molecule has 0 aliphatic heterocycles. The first-order valence-corrected chi connectivity index (χ1v) is 11.9. The van der Waals surface area contributed by atoms with Crippen LogP contribution in [0, 0.1) is 40.4 Å². The average molecular weight is 433 g/mol. The fourth-order valence-corrected chi connectivity index (χ4v) is 8.10. The Balaban J connectivity index is 1.61. The highest BCUT2D eigenvalue weighted by atomic mass is 16.5. The van der Waals surface area contributed by atoms with Gasteiger partial charge in [0, 0.05) is 18.3 Å². The summed E-state index contributed by atoms with van der Waals surface area (Å²) in [6.45, 7) is 4.31. The van der Waals surface area contributed by atoms with Crippen molar-refractivity contribution in [2.24, 2.45) is 40.4 Å². The monoisotopic (exact) mass is 432 g/mol. The first-order valence-electron chi connectivity index (χ1n) is 11.9. The summed E-state index contributed by atoms with van der Waals surface area (Å²) in [6.07, 6.45) is 9.17. The number of fused-ring (bicyclic) bond motifs is 5. The van der Waals surface area contributed by atoms with Crippen LogP contribution < -0.4 is 0 Å². The van der Waals surface area contributed by atoms with Gasteiger partial charge in [0.05, 0.1) is 12.5 Å². The lowest BCUT2D eigenvalue weighted by molar-refractivity contribution is -0.161. The third kappa shape index (κ3) is 3.65. The molecule has 0 spiro atoms. The van der Waals surface area contributed by atoms with Gasteiger partial charge in [0.2, 0.25) is 0 Å². The molecule has 2 N–H and O–H groups in total. The van der Waals surface area contributed by atoms with Crippen LogP contribution in [0.25, 0.3) is 0 Å². The zero-order valence-corrected chi connectivity index (χ0v) is 18.8. The highest BCUT2D eigenvalue weighted by Crippen LogP contribution is 2.68. The van der Waals surface area contributed by atoms with Crippen LogP contribution in [0.3, 0.4) is 0 Å². The summed E-state index contributed by atoms with van der Waals surface area (Å²) in [6, 6.07) is 0. The highest BCUT2D eigenvalue weighted by Gasteiger charge is 2.61. The number of carboxylic acids is 1. The molecule has 6 heteroatoms. The standard InChI is InChI=1S/C25H36O6/c1-24-10-9-20-18(19(24)7-4-15(24)5-8-22(28)29)6-3-16-13-17(27)14-21(25(16,20)2)23(30)31-12-11-26/h13,15,18-21,26H,3-12,14H2,1-2H3,(H,28,29)/t15-,18-,19-,20-,21?,24+,25-/m0/s1. The molecule has 0 amide bonds. The zero-order valence-electron chi connectivity index (χ0n) is 18.8. The number of ketones is 1. The lowest BCUT2D eigenvalue weighted by Gasteiger charge is -2.59.